The number of allylic oxidation sites excluding steroid dienone is 1. The third-order valence-corrected chi connectivity index (χ3v) is 5.79. The molecule has 0 radical (unpaired) electrons. The summed E-state index contributed by atoms with van der Waals surface area (Å²) >= 11 is 0. The van der Waals surface area contributed by atoms with Crippen LogP contribution in [0.3, 0.4) is 0 Å². The average molecular weight is 436 g/mol. The van der Waals surface area contributed by atoms with Crippen LogP contribution in [0.4, 0.5) is 0 Å². The van der Waals surface area contributed by atoms with E-state index in [9.17, 15) is 13.7 Å². The fraction of sp³-hybridized carbons (Fsp3) is 0.125. The zero-order valence-corrected chi connectivity index (χ0v) is 18.1. The summed E-state index contributed by atoms with van der Waals surface area (Å²) in [6.45, 7) is 1.87. The number of nitrogens with zero attached hydrogens (tertiary/aromatic N) is 1. The molecule has 0 spiro atoms. The molecule has 0 saturated carbocycles. The van der Waals surface area contributed by atoms with Crippen molar-refractivity contribution in [2.24, 2.45) is 0 Å². The molecule has 0 aliphatic carbocycles. The SMILES string of the molecule is COc1ccc(/C(C#N)=C/c2ccccc2OS(=O)(=O)c2ccc(C)cc2)cc1OC. The molecule has 7 heteroatoms. The van der Waals surface area contributed by atoms with Crippen molar-refractivity contribution in [3.8, 4) is 23.3 Å². The van der Waals surface area contributed by atoms with Crippen LogP contribution < -0.4 is 13.7 Å². The molecule has 158 valence electrons. The lowest BCUT2D eigenvalue weighted by Crippen LogP contribution is -2.10. The summed E-state index contributed by atoms with van der Waals surface area (Å²) < 4.78 is 41.3. The summed E-state index contributed by atoms with van der Waals surface area (Å²) in [7, 11) is -0.989. The highest BCUT2D eigenvalue weighted by Crippen LogP contribution is 2.32. The van der Waals surface area contributed by atoms with E-state index in [1.165, 1.54) is 26.4 Å². The van der Waals surface area contributed by atoms with Crippen LogP contribution in [-0.2, 0) is 10.1 Å². The fourth-order valence-electron chi connectivity index (χ4n) is 2.89. The van der Waals surface area contributed by atoms with Crippen molar-refractivity contribution in [2.75, 3.05) is 14.2 Å². The molecule has 3 aromatic rings. The van der Waals surface area contributed by atoms with E-state index in [2.05, 4.69) is 6.07 Å². The number of rotatable bonds is 7. The summed E-state index contributed by atoms with van der Waals surface area (Å²) in [4.78, 5) is 0.0530. The molecule has 3 aromatic carbocycles. The minimum atomic E-state index is -4.03. The molecule has 0 N–H and O–H groups in total. The lowest BCUT2D eigenvalue weighted by molar-refractivity contribution is 0.355. The van der Waals surface area contributed by atoms with E-state index in [1.807, 2.05) is 6.92 Å². The Hall–Kier alpha value is -3.76. The van der Waals surface area contributed by atoms with E-state index in [0.717, 1.165) is 5.56 Å². The van der Waals surface area contributed by atoms with Crippen LogP contribution in [0.25, 0.3) is 11.6 Å². The van der Waals surface area contributed by atoms with Gasteiger partial charge < -0.3 is 13.7 Å². The van der Waals surface area contributed by atoms with Crippen molar-refractivity contribution in [1.82, 2.24) is 0 Å². The minimum absolute atomic E-state index is 0.0530. The van der Waals surface area contributed by atoms with E-state index in [0.29, 0.717) is 28.2 Å². The van der Waals surface area contributed by atoms with Crippen molar-refractivity contribution in [3.05, 3.63) is 83.4 Å². The second-order valence-electron chi connectivity index (χ2n) is 6.63. The highest BCUT2D eigenvalue weighted by molar-refractivity contribution is 7.87. The van der Waals surface area contributed by atoms with E-state index in [1.54, 1.807) is 60.7 Å². The van der Waals surface area contributed by atoms with Crippen molar-refractivity contribution < 1.29 is 22.1 Å². The Morgan fingerprint density at radius 3 is 2.23 bits per heavy atom. The predicted octanol–water partition coefficient (Wildman–Crippen LogP) is 4.84. The van der Waals surface area contributed by atoms with Gasteiger partial charge in [0.2, 0.25) is 0 Å². The first kappa shape index (κ1) is 21.9. The van der Waals surface area contributed by atoms with Crippen LogP contribution in [-0.4, -0.2) is 22.6 Å². The van der Waals surface area contributed by atoms with Crippen LogP contribution in [0.15, 0.2) is 71.6 Å². The molecule has 0 atom stereocenters. The first-order chi connectivity index (χ1) is 14.9. The molecule has 6 nitrogen and oxygen atoms in total. The van der Waals surface area contributed by atoms with Gasteiger partial charge in [-0.3, -0.25) is 0 Å². The quantitative estimate of drug-likeness (QED) is 0.300. The molecule has 0 aromatic heterocycles. The Bertz CT molecular complexity index is 1260. The molecule has 0 fully saturated rings. The van der Waals surface area contributed by atoms with Gasteiger partial charge in [-0.2, -0.15) is 13.7 Å². The molecule has 31 heavy (non-hydrogen) atoms. The molecule has 0 aliphatic rings. The van der Waals surface area contributed by atoms with Gasteiger partial charge in [-0.05, 0) is 55.0 Å². The molecule has 0 unspecified atom stereocenters. The highest BCUT2D eigenvalue weighted by atomic mass is 32.2. The van der Waals surface area contributed by atoms with Crippen LogP contribution in [0, 0.1) is 18.3 Å². The van der Waals surface area contributed by atoms with Gasteiger partial charge in [0.1, 0.15) is 10.6 Å². The van der Waals surface area contributed by atoms with Crippen molar-refractivity contribution in [1.29, 1.82) is 5.26 Å². The minimum Gasteiger partial charge on any atom is -0.493 e. The maximum absolute atomic E-state index is 12.7. The largest absolute Gasteiger partial charge is 0.493 e. The average Bonchev–Trinajstić information content (AvgIpc) is 2.78. The molecule has 0 bridgehead atoms. The van der Waals surface area contributed by atoms with Crippen molar-refractivity contribution >= 4 is 21.8 Å². The second-order valence-corrected chi connectivity index (χ2v) is 8.17. The Morgan fingerprint density at radius 2 is 1.58 bits per heavy atom. The van der Waals surface area contributed by atoms with Gasteiger partial charge in [0.25, 0.3) is 0 Å². The summed E-state index contributed by atoms with van der Waals surface area (Å²) in [6.07, 6.45) is 1.57. The summed E-state index contributed by atoms with van der Waals surface area (Å²) in [6, 6.07) is 20.3. The first-order valence-corrected chi connectivity index (χ1v) is 10.7. The van der Waals surface area contributed by atoms with Crippen molar-refractivity contribution in [2.45, 2.75) is 11.8 Å². The summed E-state index contributed by atoms with van der Waals surface area (Å²) in [5, 5.41) is 9.71. The Balaban J connectivity index is 2.00. The monoisotopic (exact) mass is 435 g/mol. The smallest absolute Gasteiger partial charge is 0.339 e. The van der Waals surface area contributed by atoms with E-state index in [4.69, 9.17) is 13.7 Å². The molecule has 0 saturated heterocycles. The van der Waals surface area contributed by atoms with Crippen LogP contribution in [0.1, 0.15) is 16.7 Å². The predicted molar refractivity (Wildman–Crippen MR) is 118 cm³/mol. The number of para-hydroxylation sites is 1. The second kappa shape index (κ2) is 9.37. The van der Waals surface area contributed by atoms with E-state index < -0.39 is 10.1 Å². The normalized spacial score (nSPS) is 11.5. The third-order valence-electron chi connectivity index (χ3n) is 4.54. The molecule has 0 aliphatic heterocycles. The van der Waals surface area contributed by atoms with Gasteiger partial charge in [0.15, 0.2) is 11.5 Å². The first-order valence-electron chi connectivity index (χ1n) is 9.32. The Kier molecular flexibility index (Phi) is 6.63. The van der Waals surface area contributed by atoms with Gasteiger partial charge in [-0.25, -0.2) is 0 Å². The maximum atomic E-state index is 12.7. The van der Waals surface area contributed by atoms with Gasteiger partial charge in [-0.1, -0.05) is 35.9 Å². The highest BCUT2D eigenvalue weighted by Gasteiger charge is 2.18. The molecule has 0 amide bonds. The lowest BCUT2D eigenvalue weighted by atomic mass is 10.0. The standard InChI is InChI=1S/C24H21NO5S/c1-17-8-11-21(12-9-17)31(26,27)30-22-7-5-4-6-19(22)14-20(16-25)18-10-13-23(28-2)24(15-18)29-3/h4-15H,1-3H3/b20-14+. The summed E-state index contributed by atoms with van der Waals surface area (Å²) in [5.74, 6) is 1.14. The number of methoxy groups -OCH3 is 2. The third kappa shape index (κ3) is 5.05. The zero-order valence-electron chi connectivity index (χ0n) is 17.3. The van der Waals surface area contributed by atoms with Gasteiger partial charge in [0.05, 0.1) is 25.9 Å². The summed E-state index contributed by atoms with van der Waals surface area (Å²) in [5.41, 5.74) is 2.29. The maximum Gasteiger partial charge on any atom is 0.339 e. The number of benzene rings is 3. The van der Waals surface area contributed by atoms with Crippen LogP contribution in [0.5, 0.6) is 17.2 Å². The number of hydrogen-bond acceptors (Lipinski definition) is 6. The number of ether oxygens (including phenoxy) is 2. The van der Waals surface area contributed by atoms with E-state index in [-0.39, 0.29) is 10.6 Å². The number of nitriles is 1. The Labute approximate surface area is 182 Å². The zero-order chi connectivity index (χ0) is 22.4. The lowest BCUT2D eigenvalue weighted by Gasteiger charge is -2.11. The molecule has 3 rings (SSSR count). The van der Waals surface area contributed by atoms with Gasteiger partial charge in [0, 0.05) is 5.56 Å². The van der Waals surface area contributed by atoms with Crippen molar-refractivity contribution in [3.63, 3.8) is 0 Å². The molecule has 0 heterocycles. The Morgan fingerprint density at radius 1 is 0.903 bits per heavy atom. The van der Waals surface area contributed by atoms with Crippen LogP contribution in [0.2, 0.25) is 0 Å². The fourth-order valence-corrected chi connectivity index (χ4v) is 3.84. The number of hydrogen-bond donors (Lipinski definition) is 0. The topological polar surface area (TPSA) is 85.6 Å². The van der Waals surface area contributed by atoms with Gasteiger partial charge in [-0.15, -0.1) is 0 Å². The number of aryl methyl sites for hydroxylation is 1. The van der Waals surface area contributed by atoms with Gasteiger partial charge >= 0.3 is 10.1 Å². The molecular formula is C24H21NO5S. The van der Waals surface area contributed by atoms with E-state index >= 15 is 0 Å². The molecular weight excluding hydrogens is 414 g/mol. The van der Waals surface area contributed by atoms with Crippen LogP contribution >= 0.6 is 0 Å².